The molecule has 0 radical (unpaired) electrons. The van der Waals surface area contributed by atoms with Gasteiger partial charge in [-0.2, -0.15) is 5.10 Å². The molecule has 1 heterocycles. The van der Waals surface area contributed by atoms with E-state index in [0.29, 0.717) is 6.61 Å². The molecule has 0 saturated carbocycles. The van der Waals surface area contributed by atoms with Gasteiger partial charge >= 0.3 is 0 Å². The summed E-state index contributed by atoms with van der Waals surface area (Å²) in [7, 11) is 0. The Morgan fingerprint density at radius 2 is 2.23 bits per heavy atom. The Morgan fingerprint density at radius 1 is 1.46 bits per heavy atom. The zero-order chi connectivity index (χ0) is 9.68. The number of aromatic nitrogens is 3. The van der Waals surface area contributed by atoms with E-state index in [1.807, 2.05) is 13.8 Å². The second-order valence-corrected chi connectivity index (χ2v) is 3.31. The van der Waals surface area contributed by atoms with Crippen LogP contribution in [0.15, 0.2) is 0 Å². The van der Waals surface area contributed by atoms with Crippen LogP contribution in [0.25, 0.3) is 0 Å². The number of hydrogen-bond acceptors (Lipinski definition) is 3. The first-order valence-corrected chi connectivity index (χ1v) is 4.74. The van der Waals surface area contributed by atoms with E-state index >= 15 is 0 Å². The van der Waals surface area contributed by atoms with E-state index in [1.165, 1.54) is 0 Å². The molecular weight excluding hydrogens is 166 g/mol. The van der Waals surface area contributed by atoms with Crippen molar-refractivity contribution in [1.82, 2.24) is 15.2 Å². The number of hydrogen-bond donors (Lipinski definition) is 1. The van der Waals surface area contributed by atoms with Crippen LogP contribution in [0.4, 0.5) is 0 Å². The lowest BCUT2D eigenvalue weighted by molar-refractivity contribution is 0.0614. The van der Waals surface area contributed by atoms with Crippen LogP contribution in [0.2, 0.25) is 0 Å². The van der Waals surface area contributed by atoms with Crippen molar-refractivity contribution in [2.45, 2.75) is 46.3 Å². The van der Waals surface area contributed by atoms with Gasteiger partial charge in [-0.25, -0.2) is 4.98 Å². The van der Waals surface area contributed by atoms with Crippen LogP contribution < -0.4 is 0 Å². The number of aryl methyl sites for hydroxylation is 1. The average Bonchev–Trinajstić information content (AvgIpc) is 2.50. The predicted molar refractivity (Wildman–Crippen MR) is 50.3 cm³/mol. The summed E-state index contributed by atoms with van der Waals surface area (Å²) in [5.41, 5.74) is 0. The molecular formula is C9H17N3O. The summed E-state index contributed by atoms with van der Waals surface area (Å²) < 4.78 is 5.39. The van der Waals surface area contributed by atoms with E-state index < -0.39 is 0 Å². The molecule has 0 amide bonds. The molecule has 1 rings (SSSR count). The molecule has 0 unspecified atom stereocenters. The molecule has 0 aromatic carbocycles. The van der Waals surface area contributed by atoms with E-state index in [1.54, 1.807) is 0 Å². The molecule has 0 aliphatic rings. The Morgan fingerprint density at radius 3 is 2.85 bits per heavy atom. The molecule has 0 fully saturated rings. The molecule has 4 heteroatoms. The van der Waals surface area contributed by atoms with Gasteiger partial charge in [0.1, 0.15) is 6.61 Å². The smallest absolute Gasteiger partial charge is 0.150 e. The highest BCUT2D eigenvalue weighted by atomic mass is 16.5. The third kappa shape index (κ3) is 3.55. The minimum absolute atomic E-state index is 0.236. The van der Waals surface area contributed by atoms with Crippen molar-refractivity contribution in [2.24, 2.45) is 0 Å². The summed E-state index contributed by atoms with van der Waals surface area (Å²) in [6.07, 6.45) is 2.24. The Balaban J connectivity index is 2.39. The first-order valence-electron chi connectivity index (χ1n) is 4.74. The maximum atomic E-state index is 5.39. The fourth-order valence-corrected chi connectivity index (χ4v) is 0.980. The largest absolute Gasteiger partial charge is 0.371 e. The number of nitrogens with one attached hydrogen (secondary N) is 1. The van der Waals surface area contributed by atoms with E-state index in [9.17, 15) is 0 Å². The predicted octanol–water partition coefficient (Wildman–Crippen LogP) is 1.68. The molecule has 0 aliphatic heterocycles. The zero-order valence-corrected chi connectivity index (χ0v) is 8.50. The third-order valence-corrected chi connectivity index (χ3v) is 1.61. The monoisotopic (exact) mass is 183 g/mol. The quantitative estimate of drug-likeness (QED) is 0.755. The van der Waals surface area contributed by atoms with Gasteiger partial charge < -0.3 is 4.74 Å². The first-order chi connectivity index (χ1) is 6.22. The van der Waals surface area contributed by atoms with Gasteiger partial charge in [0.05, 0.1) is 6.10 Å². The normalized spacial score (nSPS) is 11.1. The highest BCUT2D eigenvalue weighted by Crippen LogP contribution is 1.99. The first kappa shape index (κ1) is 10.2. The summed E-state index contributed by atoms with van der Waals surface area (Å²) in [6, 6.07) is 0. The van der Waals surface area contributed by atoms with Crippen LogP contribution >= 0.6 is 0 Å². The van der Waals surface area contributed by atoms with Gasteiger partial charge in [0, 0.05) is 6.42 Å². The minimum atomic E-state index is 0.236. The minimum Gasteiger partial charge on any atom is -0.371 e. The lowest BCUT2D eigenvalue weighted by Crippen LogP contribution is -2.03. The van der Waals surface area contributed by atoms with Crippen LogP contribution in [0.1, 0.15) is 38.8 Å². The molecule has 1 aromatic heterocycles. The summed E-state index contributed by atoms with van der Waals surface area (Å²) in [5, 5.41) is 6.93. The number of rotatable bonds is 5. The summed E-state index contributed by atoms with van der Waals surface area (Å²) in [4.78, 5) is 4.28. The fourth-order valence-electron chi connectivity index (χ4n) is 0.980. The number of aromatic amines is 1. The maximum absolute atomic E-state index is 5.39. The van der Waals surface area contributed by atoms with Crippen molar-refractivity contribution in [3.8, 4) is 0 Å². The van der Waals surface area contributed by atoms with Crippen LogP contribution in [0.3, 0.4) is 0 Å². The Labute approximate surface area is 78.7 Å². The lowest BCUT2D eigenvalue weighted by Gasteiger charge is -2.03. The molecule has 1 aromatic rings. The molecule has 74 valence electrons. The van der Waals surface area contributed by atoms with E-state index in [2.05, 4.69) is 22.1 Å². The second kappa shape index (κ2) is 4.97. The molecule has 0 saturated heterocycles. The third-order valence-electron chi connectivity index (χ3n) is 1.61. The average molecular weight is 183 g/mol. The number of nitrogens with zero attached hydrogens (tertiary/aromatic N) is 2. The zero-order valence-electron chi connectivity index (χ0n) is 8.50. The molecule has 0 aliphatic carbocycles. The topological polar surface area (TPSA) is 50.8 Å². The number of H-pyrrole nitrogens is 1. The molecule has 0 bridgehead atoms. The van der Waals surface area contributed by atoms with Crippen molar-refractivity contribution in [3.05, 3.63) is 11.6 Å². The maximum Gasteiger partial charge on any atom is 0.150 e. The van der Waals surface area contributed by atoms with Crippen molar-refractivity contribution < 1.29 is 4.74 Å². The summed E-state index contributed by atoms with van der Waals surface area (Å²) in [5.74, 6) is 1.70. The van der Waals surface area contributed by atoms with Crippen molar-refractivity contribution in [3.63, 3.8) is 0 Å². The van der Waals surface area contributed by atoms with Gasteiger partial charge in [-0.3, -0.25) is 5.10 Å². The molecule has 13 heavy (non-hydrogen) atoms. The van der Waals surface area contributed by atoms with Gasteiger partial charge in [0.15, 0.2) is 11.6 Å². The van der Waals surface area contributed by atoms with Gasteiger partial charge in [-0.05, 0) is 20.3 Å². The van der Waals surface area contributed by atoms with E-state index in [4.69, 9.17) is 4.74 Å². The van der Waals surface area contributed by atoms with Crippen molar-refractivity contribution >= 4 is 0 Å². The van der Waals surface area contributed by atoms with Gasteiger partial charge in [0.25, 0.3) is 0 Å². The van der Waals surface area contributed by atoms with E-state index in [0.717, 1.165) is 24.5 Å². The van der Waals surface area contributed by atoms with Gasteiger partial charge in [-0.15, -0.1) is 0 Å². The Hall–Kier alpha value is -0.900. The Kier molecular flexibility index (Phi) is 3.89. The van der Waals surface area contributed by atoms with Crippen LogP contribution in [-0.2, 0) is 17.8 Å². The van der Waals surface area contributed by atoms with Crippen LogP contribution in [0.5, 0.6) is 0 Å². The highest BCUT2D eigenvalue weighted by Gasteiger charge is 2.02. The number of ether oxygens (including phenoxy) is 1. The van der Waals surface area contributed by atoms with Crippen molar-refractivity contribution in [1.29, 1.82) is 0 Å². The summed E-state index contributed by atoms with van der Waals surface area (Å²) >= 11 is 0. The Bertz CT molecular complexity index is 245. The van der Waals surface area contributed by atoms with Crippen molar-refractivity contribution in [2.75, 3.05) is 0 Å². The molecule has 4 nitrogen and oxygen atoms in total. The molecule has 1 N–H and O–H groups in total. The summed E-state index contributed by atoms with van der Waals surface area (Å²) in [6.45, 7) is 6.64. The standard InChI is InChI=1S/C9H17N3O/c1-4-5-8-10-9(12-11-8)6-13-7(2)3/h7H,4-6H2,1-3H3,(H,10,11,12). The van der Waals surface area contributed by atoms with Gasteiger partial charge in [0.2, 0.25) is 0 Å². The fraction of sp³-hybridized carbons (Fsp3) is 0.778. The lowest BCUT2D eigenvalue weighted by atomic mass is 10.3. The highest BCUT2D eigenvalue weighted by molar-refractivity contribution is 4.88. The van der Waals surface area contributed by atoms with Crippen LogP contribution in [-0.4, -0.2) is 21.3 Å². The van der Waals surface area contributed by atoms with E-state index in [-0.39, 0.29) is 6.10 Å². The van der Waals surface area contributed by atoms with Crippen LogP contribution in [0, 0.1) is 0 Å². The van der Waals surface area contributed by atoms with Gasteiger partial charge in [-0.1, -0.05) is 6.92 Å². The molecule has 0 spiro atoms. The molecule has 0 atom stereocenters. The SMILES string of the molecule is CCCc1n[nH]c(COC(C)C)n1. The second-order valence-electron chi connectivity index (χ2n) is 3.31.